The zero-order valence-electron chi connectivity index (χ0n) is 10.7. The van der Waals surface area contributed by atoms with E-state index in [1.165, 1.54) is 11.6 Å². The molecule has 0 spiro atoms. The van der Waals surface area contributed by atoms with Crippen molar-refractivity contribution in [2.45, 2.75) is 13.3 Å². The van der Waals surface area contributed by atoms with Gasteiger partial charge in [0.2, 0.25) is 0 Å². The van der Waals surface area contributed by atoms with E-state index in [-0.39, 0.29) is 5.15 Å². The van der Waals surface area contributed by atoms with Crippen molar-refractivity contribution in [3.05, 3.63) is 56.7 Å². The number of hydrazone groups is 1. The summed E-state index contributed by atoms with van der Waals surface area (Å²) < 4.78 is 0. The minimum absolute atomic E-state index is 0.182. The van der Waals surface area contributed by atoms with Gasteiger partial charge in [0.1, 0.15) is 5.15 Å². The van der Waals surface area contributed by atoms with Crippen LogP contribution in [-0.2, 0) is 6.42 Å². The Morgan fingerprint density at radius 1 is 1.15 bits per heavy atom. The van der Waals surface area contributed by atoms with Gasteiger partial charge in [-0.05, 0) is 23.6 Å². The third-order valence-electron chi connectivity index (χ3n) is 2.66. The zero-order chi connectivity index (χ0) is 14.5. The van der Waals surface area contributed by atoms with Gasteiger partial charge in [-0.15, -0.1) is 0 Å². The standard InChI is InChI=1S/C14H12Cl3N3/c1-2-9-3-5-10(6-4-9)8-18-20-14-12(16)7-11(15)13(17)19-14/h3-8H,2H2,1H3,(H,19,20). The van der Waals surface area contributed by atoms with E-state index in [0.29, 0.717) is 15.9 Å². The molecule has 3 nitrogen and oxygen atoms in total. The van der Waals surface area contributed by atoms with Gasteiger partial charge < -0.3 is 0 Å². The quantitative estimate of drug-likeness (QED) is 0.484. The number of halogens is 3. The molecule has 2 aromatic rings. The fraction of sp³-hybridized carbons (Fsp3) is 0.143. The third kappa shape index (κ3) is 3.85. The average Bonchev–Trinajstić information content (AvgIpc) is 2.45. The largest absolute Gasteiger partial charge is 0.260 e. The summed E-state index contributed by atoms with van der Waals surface area (Å²) in [4.78, 5) is 4.01. The second-order valence-corrected chi connectivity index (χ2v) is 5.23. The van der Waals surface area contributed by atoms with E-state index in [1.807, 2.05) is 12.1 Å². The molecule has 1 aromatic heterocycles. The first-order valence-corrected chi connectivity index (χ1v) is 7.13. The zero-order valence-corrected chi connectivity index (χ0v) is 13.0. The normalized spacial score (nSPS) is 11.0. The Kier molecular flexibility index (Phi) is 5.24. The first-order valence-electron chi connectivity index (χ1n) is 5.99. The summed E-state index contributed by atoms with van der Waals surface area (Å²) in [6, 6.07) is 9.63. The summed E-state index contributed by atoms with van der Waals surface area (Å²) in [5.74, 6) is 0.363. The summed E-state index contributed by atoms with van der Waals surface area (Å²) in [6.07, 6.45) is 2.69. The number of hydrogen-bond donors (Lipinski definition) is 1. The molecule has 0 aliphatic heterocycles. The van der Waals surface area contributed by atoms with Crippen LogP contribution in [0.4, 0.5) is 5.82 Å². The molecule has 1 N–H and O–H groups in total. The SMILES string of the molecule is CCc1ccc(C=NNc2nc(Cl)c(Cl)cc2Cl)cc1. The van der Waals surface area contributed by atoms with Crippen molar-refractivity contribution in [2.24, 2.45) is 5.10 Å². The number of rotatable bonds is 4. The molecule has 104 valence electrons. The van der Waals surface area contributed by atoms with Gasteiger partial charge >= 0.3 is 0 Å². The summed E-state index contributed by atoms with van der Waals surface area (Å²) in [5, 5.41) is 4.92. The Morgan fingerprint density at radius 3 is 2.50 bits per heavy atom. The highest BCUT2D eigenvalue weighted by atomic mass is 35.5. The van der Waals surface area contributed by atoms with E-state index in [4.69, 9.17) is 34.8 Å². The number of nitrogens with one attached hydrogen (secondary N) is 1. The number of hydrogen-bond acceptors (Lipinski definition) is 3. The van der Waals surface area contributed by atoms with Gasteiger partial charge in [0, 0.05) is 0 Å². The van der Waals surface area contributed by atoms with Gasteiger partial charge in [0.05, 0.1) is 16.3 Å². The van der Waals surface area contributed by atoms with Crippen molar-refractivity contribution < 1.29 is 0 Å². The maximum Gasteiger partial charge on any atom is 0.166 e. The number of pyridine rings is 1. The Bertz CT molecular complexity index is 624. The van der Waals surface area contributed by atoms with Crippen LogP contribution in [0.25, 0.3) is 0 Å². The molecule has 0 aliphatic carbocycles. The minimum atomic E-state index is 0.182. The molecule has 0 atom stereocenters. The Labute approximate surface area is 132 Å². The van der Waals surface area contributed by atoms with Crippen molar-refractivity contribution in [2.75, 3.05) is 5.43 Å². The summed E-state index contributed by atoms with van der Waals surface area (Å²) in [7, 11) is 0. The maximum atomic E-state index is 5.98. The van der Waals surface area contributed by atoms with E-state index in [9.17, 15) is 0 Å². The van der Waals surface area contributed by atoms with Gasteiger partial charge in [-0.25, -0.2) is 4.98 Å². The van der Waals surface area contributed by atoms with Gasteiger partial charge in [0.25, 0.3) is 0 Å². The molecule has 0 bridgehead atoms. The molecule has 1 aromatic carbocycles. The molecular formula is C14H12Cl3N3. The molecule has 1 heterocycles. The predicted molar refractivity (Wildman–Crippen MR) is 86.3 cm³/mol. The molecule has 6 heteroatoms. The first-order chi connectivity index (χ1) is 9.60. The van der Waals surface area contributed by atoms with Crippen molar-refractivity contribution in [3.8, 4) is 0 Å². The first kappa shape index (κ1) is 15.1. The van der Waals surface area contributed by atoms with Gasteiger partial charge in [0.15, 0.2) is 5.82 Å². The number of anilines is 1. The van der Waals surface area contributed by atoms with E-state index in [1.54, 1.807) is 6.21 Å². The maximum absolute atomic E-state index is 5.98. The van der Waals surface area contributed by atoms with Crippen LogP contribution < -0.4 is 5.43 Å². The Hall–Kier alpha value is -1.29. The lowest BCUT2D eigenvalue weighted by molar-refractivity contribution is 1.14. The van der Waals surface area contributed by atoms with E-state index < -0.39 is 0 Å². The second kappa shape index (κ2) is 6.93. The lowest BCUT2D eigenvalue weighted by Crippen LogP contribution is -1.95. The van der Waals surface area contributed by atoms with Gasteiger partial charge in [-0.1, -0.05) is 66.0 Å². The van der Waals surface area contributed by atoms with Gasteiger partial charge in [-0.3, -0.25) is 5.43 Å². The highest BCUT2D eigenvalue weighted by Crippen LogP contribution is 2.28. The van der Waals surface area contributed by atoms with E-state index in [2.05, 4.69) is 34.6 Å². The van der Waals surface area contributed by atoms with Crippen LogP contribution in [0, 0.1) is 0 Å². The van der Waals surface area contributed by atoms with Crippen molar-refractivity contribution in [1.29, 1.82) is 0 Å². The summed E-state index contributed by atoms with van der Waals surface area (Å²) in [6.45, 7) is 2.11. The molecule has 0 amide bonds. The van der Waals surface area contributed by atoms with E-state index >= 15 is 0 Å². The van der Waals surface area contributed by atoms with E-state index in [0.717, 1.165) is 12.0 Å². The molecule has 0 saturated carbocycles. The van der Waals surface area contributed by atoms with Crippen LogP contribution in [0.15, 0.2) is 35.4 Å². The summed E-state index contributed by atoms with van der Waals surface area (Å²) >= 11 is 17.6. The van der Waals surface area contributed by atoms with Crippen molar-refractivity contribution in [1.82, 2.24) is 4.98 Å². The smallest absolute Gasteiger partial charge is 0.166 e. The fourth-order valence-corrected chi connectivity index (χ4v) is 2.07. The predicted octanol–water partition coefficient (Wildman–Crippen LogP) is 5.05. The highest BCUT2D eigenvalue weighted by molar-refractivity contribution is 6.42. The number of aromatic nitrogens is 1. The molecule has 0 saturated heterocycles. The van der Waals surface area contributed by atoms with Crippen LogP contribution in [0.1, 0.15) is 18.1 Å². The number of nitrogens with zero attached hydrogens (tertiary/aromatic N) is 2. The van der Waals surface area contributed by atoms with Crippen LogP contribution in [-0.4, -0.2) is 11.2 Å². The number of aryl methyl sites for hydroxylation is 1. The molecule has 2 rings (SSSR count). The van der Waals surface area contributed by atoms with Crippen LogP contribution in [0.5, 0.6) is 0 Å². The lowest BCUT2D eigenvalue weighted by atomic mass is 10.1. The van der Waals surface area contributed by atoms with Crippen LogP contribution in [0.3, 0.4) is 0 Å². The average molecular weight is 329 g/mol. The molecule has 0 aliphatic rings. The van der Waals surface area contributed by atoms with Gasteiger partial charge in [-0.2, -0.15) is 5.10 Å². The third-order valence-corrected chi connectivity index (χ3v) is 3.62. The van der Waals surface area contributed by atoms with Crippen LogP contribution >= 0.6 is 34.8 Å². The molecule has 0 radical (unpaired) electrons. The molecule has 0 fully saturated rings. The molecule has 0 unspecified atom stereocenters. The lowest BCUT2D eigenvalue weighted by Gasteiger charge is -2.04. The Morgan fingerprint density at radius 2 is 1.85 bits per heavy atom. The monoisotopic (exact) mass is 327 g/mol. The molecule has 20 heavy (non-hydrogen) atoms. The topological polar surface area (TPSA) is 37.3 Å². The second-order valence-electron chi connectivity index (χ2n) is 4.06. The van der Waals surface area contributed by atoms with Crippen LogP contribution in [0.2, 0.25) is 15.2 Å². The van der Waals surface area contributed by atoms with Crippen molar-refractivity contribution in [3.63, 3.8) is 0 Å². The Balaban J connectivity index is 2.07. The highest BCUT2D eigenvalue weighted by Gasteiger charge is 2.06. The minimum Gasteiger partial charge on any atom is -0.260 e. The van der Waals surface area contributed by atoms with Crippen molar-refractivity contribution >= 4 is 46.8 Å². The number of benzene rings is 1. The summed E-state index contributed by atoms with van der Waals surface area (Å²) in [5.41, 5.74) is 5.00. The molecular weight excluding hydrogens is 317 g/mol. The fourth-order valence-electron chi connectivity index (χ4n) is 1.53.